The Labute approximate surface area is 82.0 Å². The van der Waals surface area contributed by atoms with Crippen LogP contribution in [0.5, 0.6) is 0 Å². The van der Waals surface area contributed by atoms with Crippen LogP contribution >= 0.6 is 0 Å². The number of hydrogen-bond acceptors (Lipinski definition) is 2. The van der Waals surface area contributed by atoms with Crippen LogP contribution in [0.3, 0.4) is 0 Å². The van der Waals surface area contributed by atoms with E-state index in [2.05, 4.69) is 26.1 Å². The minimum absolute atomic E-state index is 0.469. The molecule has 0 spiro atoms. The minimum atomic E-state index is 0.469. The average molecular weight is 185 g/mol. The van der Waals surface area contributed by atoms with Gasteiger partial charge in [0.2, 0.25) is 0 Å². The third kappa shape index (κ3) is 2.05. The Morgan fingerprint density at radius 2 is 2.00 bits per heavy atom. The van der Waals surface area contributed by atoms with Crippen LogP contribution in [0.25, 0.3) is 0 Å². The summed E-state index contributed by atoms with van der Waals surface area (Å²) in [7, 11) is 2.04. The first-order chi connectivity index (χ1) is 6.16. The maximum absolute atomic E-state index is 5.38. The van der Waals surface area contributed by atoms with Gasteiger partial charge in [-0.3, -0.25) is 0 Å². The van der Waals surface area contributed by atoms with Crippen molar-refractivity contribution >= 4 is 0 Å². The van der Waals surface area contributed by atoms with E-state index in [1.807, 2.05) is 7.05 Å². The van der Waals surface area contributed by atoms with E-state index in [9.17, 15) is 0 Å². The molecule has 1 aliphatic heterocycles. The van der Waals surface area contributed by atoms with Gasteiger partial charge in [-0.05, 0) is 31.8 Å². The molecular weight excluding hydrogens is 162 g/mol. The van der Waals surface area contributed by atoms with Gasteiger partial charge in [0.1, 0.15) is 0 Å². The Hall–Kier alpha value is -0.0800. The Morgan fingerprint density at radius 3 is 2.23 bits per heavy atom. The molecule has 1 fully saturated rings. The molecule has 2 nitrogen and oxygen atoms in total. The molecule has 0 amide bonds. The monoisotopic (exact) mass is 185 g/mol. The summed E-state index contributed by atoms with van der Waals surface area (Å²) in [6.07, 6.45) is 1.25. The summed E-state index contributed by atoms with van der Waals surface area (Å²) in [5.74, 6) is 1.51. The van der Waals surface area contributed by atoms with Crippen LogP contribution in [0.2, 0.25) is 0 Å². The number of nitrogens with one attached hydrogen (secondary N) is 1. The number of rotatable bonds is 5. The molecule has 1 saturated heterocycles. The van der Waals surface area contributed by atoms with Crippen LogP contribution in [0.15, 0.2) is 0 Å². The van der Waals surface area contributed by atoms with Gasteiger partial charge in [0, 0.05) is 5.41 Å². The Balaban J connectivity index is 2.61. The second kappa shape index (κ2) is 4.43. The van der Waals surface area contributed by atoms with E-state index in [1.165, 1.54) is 6.42 Å². The van der Waals surface area contributed by atoms with E-state index in [0.29, 0.717) is 5.41 Å². The van der Waals surface area contributed by atoms with Crippen molar-refractivity contribution in [1.82, 2.24) is 5.32 Å². The predicted molar refractivity (Wildman–Crippen MR) is 55.8 cm³/mol. The fourth-order valence-electron chi connectivity index (χ4n) is 2.42. The Bertz CT molecular complexity index is 147. The molecule has 1 aliphatic rings. The molecule has 2 heteroatoms. The van der Waals surface area contributed by atoms with E-state index in [-0.39, 0.29) is 0 Å². The first kappa shape index (κ1) is 11.0. The van der Waals surface area contributed by atoms with Gasteiger partial charge in [-0.25, -0.2) is 0 Å². The second-order valence-corrected chi connectivity index (χ2v) is 4.62. The molecule has 0 radical (unpaired) electrons. The summed E-state index contributed by atoms with van der Waals surface area (Å²) in [6.45, 7) is 9.97. The molecule has 1 rings (SSSR count). The Morgan fingerprint density at radius 1 is 1.38 bits per heavy atom. The lowest BCUT2D eigenvalue weighted by molar-refractivity contribution is -0.156. The highest BCUT2D eigenvalue weighted by atomic mass is 16.5. The molecule has 1 heterocycles. The smallest absolute Gasteiger partial charge is 0.0547 e. The maximum atomic E-state index is 5.38. The van der Waals surface area contributed by atoms with Gasteiger partial charge < -0.3 is 10.1 Å². The molecule has 0 aromatic carbocycles. The van der Waals surface area contributed by atoms with Crippen molar-refractivity contribution in [2.45, 2.75) is 27.2 Å². The van der Waals surface area contributed by atoms with Crippen LogP contribution in [-0.4, -0.2) is 26.8 Å². The molecule has 0 aliphatic carbocycles. The predicted octanol–water partition coefficient (Wildman–Crippen LogP) is 1.90. The molecular formula is C11H23NO. The summed E-state index contributed by atoms with van der Waals surface area (Å²) in [5, 5.41) is 3.30. The number of ether oxygens (including phenoxy) is 1. The van der Waals surface area contributed by atoms with Crippen molar-refractivity contribution in [3.8, 4) is 0 Å². The molecule has 1 atom stereocenters. The lowest BCUT2D eigenvalue weighted by atomic mass is 9.67. The zero-order valence-electron chi connectivity index (χ0n) is 9.39. The quantitative estimate of drug-likeness (QED) is 0.706. The molecule has 0 bridgehead atoms. The van der Waals surface area contributed by atoms with E-state index in [4.69, 9.17) is 4.74 Å². The molecule has 78 valence electrons. The first-order valence-corrected chi connectivity index (χ1v) is 5.38. The second-order valence-electron chi connectivity index (χ2n) is 4.62. The zero-order chi connectivity index (χ0) is 9.90. The lowest BCUT2D eigenvalue weighted by Gasteiger charge is -2.48. The Kier molecular flexibility index (Phi) is 3.74. The van der Waals surface area contributed by atoms with Crippen molar-refractivity contribution in [2.75, 3.05) is 26.8 Å². The highest BCUT2D eigenvalue weighted by Crippen LogP contribution is 2.42. The molecule has 1 N–H and O–H groups in total. The van der Waals surface area contributed by atoms with E-state index in [0.717, 1.165) is 31.6 Å². The summed E-state index contributed by atoms with van der Waals surface area (Å²) in [4.78, 5) is 0. The van der Waals surface area contributed by atoms with Crippen molar-refractivity contribution < 1.29 is 4.74 Å². The van der Waals surface area contributed by atoms with Crippen molar-refractivity contribution in [2.24, 2.45) is 17.3 Å². The van der Waals surface area contributed by atoms with Gasteiger partial charge in [-0.2, -0.15) is 0 Å². The van der Waals surface area contributed by atoms with Gasteiger partial charge in [-0.1, -0.05) is 20.8 Å². The van der Waals surface area contributed by atoms with Crippen LogP contribution in [0, 0.1) is 17.3 Å². The van der Waals surface area contributed by atoms with Gasteiger partial charge in [0.25, 0.3) is 0 Å². The molecule has 0 saturated carbocycles. The normalized spacial score (nSPS) is 22.8. The van der Waals surface area contributed by atoms with Gasteiger partial charge in [0.05, 0.1) is 13.2 Å². The van der Waals surface area contributed by atoms with Crippen LogP contribution in [0.1, 0.15) is 27.2 Å². The fourth-order valence-corrected chi connectivity index (χ4v) is 2.42. The summed E-state index contributed by atoms with van der Waals surface area (Å²) in [6, 6.07) is 0. The van der Waals surface area contributed by atoms with Crippen LogP contribution in [0.4, 0.5) is 0 Å². The molecule has 1 unspecified atom stereocenters. The summed E-state index contributed by atoms with van der Waals surface area (Å²) < 4.78 is 5.38. The molecule has 0 aromatic heterocycles. The fraction of sp³-hybridized carbons (Fsp3) is 1.00. The summed E-state index contributed by atoms with van der Waals surface area (Å²) >= 11 is 0. The van der Waals surface area contributed by atoms with Crippen molar-refractivity contribution in [3.63, 3.8) is 0 Å². The third-order valence-corrected chi connectivity index (χ3v) is 3.50. The van der Waals surface area contributed by atoms with Crippen LogP contribution < -0.4 is 5.32 Å². The summed E-state index contributed by atoms with van der Waals surface area (Å²) in [5.41, 5.74) is 0.469. The van der Waals surface area contributed by atoms with Gasteiger partial charge in [0.15, 0.2) is 0 Å². The van der Waals surface area contributed by atoms with Crippen LogP contribution in [-0.2, 0) is 4.74 Å². The zero-order valence-corrected chi connectivity index (χ0v) is 9.39. The van der Waals surface area contributed by atoms with E-state index < -0.39 is 0 Å². The highest BCUT2D eigenvalue weighted by molar-refractivity contribution is 4.92. The maximum Gasteiger partial charge on any atom is 0.0547 e. The highest BCUT2D eigenvalue weighted by Gasteiger charge is 2.44. The van der Waals surface area contributed by atoms with E-state index in [1.54, 1.807) is 0 Å². The van der Waals surface area contributed by atoms with Gasteiger partial charge in [-0.15, -0.1) is 0 Å². The average Bonchev–Trinajstić information content (AvgIpc) is 2.01. The molecule has 0 aromatic rings. The minimum Gasteiger partial charge on any atom is -0.380 e. The van der Waals surface area contributed by atoms with Gasteiger partial charge >= 0.3 is 0 Å². The van der Waals surface area contributed by atoms with E-state index >= 15 is 0 Å². The first-order valence-electron chi connectivity index (χ1n) is 5.38. The number of hydrogen-bond donors (Lipinski definition) is 1. The lowest BCUT2D eigenvalue weighted by Crippen LogP contribution is -2.52. The topological polar surface area (TPSA) is 21.3 Å². The molecule has 13 heavy (non-hydrogen) atoms. The van der Waals surface area contributed by atoms with Crippen molar-refractivity contribution in [1.29, 1.82) is 0 Å². The largest absolute Gasteiger partial charge is 0.380 e. The third-order valence-electron chi connectivity index (χ3n) is 3.50. The SMILES string of the molecule is CCC1(C(CNC)C(C)C)COC1. The standard InChI is InChI=1S/C11H23NO/c1-5-11(7-13-8-11)10(6-12-4)9(2)3/h9-10,12H,5-8H2,1-4H3. The van der Waals surface area contributed by atoms with Crippen molar-refractivity contribution in [3.05, 3.63) is 0 Å².